The van der Waals surface area contributed by atoms with Crippen LogP contribution in [0.15, 0.2) is 35.9 Å². The van der Waals surface area contributed by atoms with Crippen LogP contribution in [-0.4, -0.2) is 26.0 Å². The molecule has 0 fully saturated rings. The van der Waals surface area contributed by atoms with Crippen molar-refractivity contribution in [3.63, 3.8) is 0 Å². The standard InChI is InChI=1S/C13H9Cl2N5O/c1-20-12-10(6-18-20)13(17-7-16-12)21-19-5-8-2-3-9(14)4-11(8)15/h2-7H,1H3/b19-5-. The molecule has 21 heavy (non-hydrogen) atoms. The van der Waals surface area contributed by atoms with E-state index in [9.17, 15) is 0 Å². The Kier molecular flexibility index (Phi) is 3.72. The van der Waals surface area contributed by atoms with Gasteiger partial charge in [-0.1, -0.05) is 34.4 Å². The van der Waals surface area contributed by atoms with Crippen LogP contribution in [0.25, 0.3) is 11.0 Å². The second-order valence-corrected chi connectivity index (χ2v) is 5.02. The Bertz CT molecular complexity index is 831. The minimum atomic E-state index is 0.328. The summed E-state index contributed by atoms with van der Waals surface area (Å²) >= 11 is 11.9. The predicted molar refractivity (Wildman–Crippen MR) is 81.0 cm³/mol. The van der Waals surface area contributed by atoms with Gasteiger partial charge < -0.3 is 4.84 Å². The Hall–Kier alpha value is -2.18. The summed E-state index contributed by atoms with van der Waals surface area (Å²) in [5.41, 5.74) is 1.36. The van der Waals surface area contributed by atoms with E-state index in [-0.39, 0.29) is 0 Å². The molecule has 8 heteroatoms. The van der Waals surface area contributed by atoms with Crippen LogP contribution in [0.1, 0.15) is 5.56 Å². The van der Waals surface area contributed by atoms with Gasteiger partial charge in [-0.15, -0.1) is 0 Å². The number of fused-ring (bicyclic) bond motifs is 1. The van der Waals surface area contributed by atoms with Crippen LogP contribution in [-0.2, 0) is 7.05 Å². The summed E-state index contributed by atoms with van der Waals surface area (Å²) in [6, 6.07) is 5.10. The van der Waals surface area contributed by atoms with Crippen LogP contribution >= 0.6 is 23.2 Å². The zero-order chi connectivity index (χ0) is 14.8. The Morgan fingerprint density at radius 2 is 2.14 bits per heavy atom. The fraction of sp³-hybridized carbons (Fsp3) is 0.0769. The maximum Gasteiger partial charge on any atom is 0.262 e. The molecule has 0 N–H and O–H groups in total. The lowest BCUT2D eigenvalue weighted by Gasteiger charge is -2.00. The van der Waals surface area contributed by atoms with Crippen LogP contribution in [0.3, 0.4) is 0 Å². The number of nitrogens with zero attached hydrogens (tertiary/aromatic N) is 5. The summed E-state index contributed by atoms with van der Waals surface area (Å²) in [5.74, 6) is 0.328. The quantitative estimate of drug-likeness (QED) is 0.549. The summed E-state index contributed by atoms with van der Waals surface area (Å²) in [5, 5.41) is 9.71. The van der Waals surface area contributed by atoms with Gasteiger partial charge in [-0.3, -0.25) is 4.68 Å². The minimum absolute atomic E-state index is 0.328. The number of rotatable bonds is 3. The molecule has 0 saturated heterocycles. The first-order valence-corrected chi connectivity index (χ1v) is 6.69. The molecule has 2 aromatic heterocycles. The van der Waals surface area contributed by atoms with Gasteiger partial charge in [0.1, 0.15) is 11.7 Å². The first-order valence-electron chi connectivity index (χ1n) is 5.93. The van der Waals surface area contributed by atoms with Crippen molar-refractivity contribution in [2.24, 2.45) is 12.2 Å². The van der Waals surface area contributed by atoms with Crippen LogP contribution in [0, 0.1) is 0 Å². The molecule has 0 saturated carbocycles. The van der Waals surface area contributed by atoms with E-state index in [4.69, 9.17) is 28.0 Å². The van der Waals surface area contributed by atoms with E-state index in [1.54, 1.807) is 36.1 Å². The molecule has 0 spiro atoms. The number of halogens is 2. The summed E-state index contributed by atoms with van der Waals surface area (Å²) in [7, 11) is 1.79. The molecule has 3 aromatic rings. The normalized spacial score (nSPS) is 11.4. The SMILES string of the molecule is Cn1ncc2c(O/N=C\c3ccc(Cl)cc3Cl)ncnc21. The molecule has 0 radical (unpaired) electrons. The third-order valence-corrected chi connectivity index (χ3v) is 3.35. The Morgan fingerprint density at radius 3 is 2.95 bits per heavy atom. The monoisotopic (exact) mass is 321 g/mol. The Balaban J connectivity index is 1.84. The number of benzene rings is 1. The molecule has 0 unspecified atom stereocenters. The van der Waals surface area contributed by atoms with E-state index < -0.39 is 0 Å². The zero-order valence-corrected chi connectivity index (χ0v) is 12.4. The van der Waals surface area contributed by atoms with Gasteiger partial charge in [0.2, 0.25) is 0 Å². The highest BCUT2D eigenvalue weighted by molar-refractivity contribution is 6.36. The predicted octanol–water partition coefficient (Wildman–Crippen LogP) is 3.08. The molecule has 106 valence electrons. The molecule has 1 aromatic carbocycles. The van der Waals surface area contributed by atoms with Crippen LogP contribution in [0.4, 0.5) is 0 Å². The lowest BCUT2D eigenvalue weighted by molar-refractivity contribution is 0.334. The van der Waals surface area contributed by atoms with Gasteiger partial charge in [0, 0.05) is 17.6 Å². The van der Waals surface area contributed by atoms with Crippen LogP contribution in [0.2, 0.25) is 10.0 Å². The van der Waals surface area contributed by atoms with Gasteiger partial charge >= 0.3 is 0 Å². The second kappa shape index (κ2) is 5.67. The molecule has 2 heterocycles. The van der Waals surface area contributed by atoms with E-state index in [1.807, 2.05) is 0 Å². The third kappa shape index (κ3) is 2.81. The third-order valence-electron chi connectivity index (χ3n) is 2.79. The maximum absolute atomic E-state index is 6.04. The molecule has 3 rings (SSSR count). The van der Waals surface area contributed by atoms with Crippen molar-refractivity contribution >= 4 is 40.4 Å². The molecule has 0 aliphatic carbocycles. The van der Waals surface area contributed by atoms with Gasteiger partial charge in [0.15, 0.2) is 5.65 Å². The number of aromatic nitrogens is 4. The van der Waals surface area contributed by atoms with E-state index in [2.05, 4.69) is 20.2 Å². The van der Waals surface area contributed by atoms with Crippen LogP contribution in [0.5, 0.6) is 5.88 Å². The summed E-state index contributed by atoms with van der Waals surface area (Å²) in [6.07, 6.45) is 4.50. The molecule has 6 nitrogen and oxygen atoms in total. The largest absolute Gasteiger partial charge is 0.336 e. The van der Waals surface area contributed by atoms with E-state index >= 15 is 0 Å². The van der Waals surface area contributed by atoms with Gasteiger partial charge in [-0.25, -0.2) is 4.98 Å². The topological polar surface area (TPSA) is 65.2 Å². The van der Waals surface area contributed by atoms with E-state index in [0.717, 1.165) is 0 Å². The molecule has 0 bridgehead atoms. The zero-order valence-electron chi connectivity index (χ0n) is 10.9. The average molecular weight is 322 g/mol. The first kappa shape index (κ1) is 13.8. The smallest absolute Gasteiger partial charge is 0.262 e. The number of oxime groups is 1. The highest BCUT2D eigenvalue weighted by atomic mass is 35.5. The molecule has 0 atom stereocenters. The fourth-order valence-corrected chi connectivity index (χ4v) is 2.21. The van der Waals surface area contributed by atoms with Crippen molar-refractivity contribution in [1.82, 2.24) is 19.7 Å². The first-order chi connectivity index (χ1) is 10.1. The van der Waals surface area contributed by atoms with Gasteiger partial charge in [-0.05, 0) is 12.1 Å². The average Bonchev–Trinajstić information content (AvgIpc) is 2.84. The fourth-order valence-electron chi connectivity index (χ4n) is 1.75. The van der Waals surface area contributed by atoms with Gasteiger partial charge in [-0.2, -0.15) is 10.1 Å². The Morgan fingerprint density at radius 1 is 1.29 bits per heavy atom. The molecule has 0 aliphatic rings. The van der Waals surface area contributed by atoms with Crippen molar-refractivity contribution in [3.8, 4) is 5.88 Å². The number of aryl methyl sites for hydroxylation is 1. The van der Waals surface area contributed by atoms with Gasteiger partial charge in [0.25, 0.3) is 5.88 Å². The van der Waals surface area contributed by atoms with Crippen molar-refractivity contribution in [2.75, 3.05) is 0 Å². The summed E-state index contributed by atoms with van der Waals surface area (Å²) in [6.45, 7) is 0. The number of hydrogen-bond donors (Lipinski definition) is 0. The summed E-state index contributed by atoms with van der Waals surface area (Å²) < 4.78 is 1.63. The molecule has 0 amide bonds. The highest BCUT2D eigenvalue weighted by Crippen LogP contribution is 2.21. The van der Waals surface area contributed by atoms with Crippen molar-refractivity contribution < 1.29 is 4.84 Å². The van der Waals surface area contributed by atoms with E-state index in [1.165, 1.54) is 12.5 Å². The van der Waals surface area contributed by atoms with Crippen molar-refractivity contribution in [1.29, 1.82) is 0 Å². The van der Waals surface area contributed by atoms with Crippen molar-refractivity contribution in [2.45, 2.75) is 0 Å². The number of hydrogen-bond acceptors (Lipinski definition) is 5. The van der Waals surface area contributed by atoms with Crippen molar-refractivity contribution in [3.05, 3.63) is 46.3 Å². The summed E-state index contributed by atoms with van der Waals surface area (Å²) in [4.78, 5) is 13.4. The lowest BCUT2D eigenvalue weighted by atomic mass is 10.2. The lowest BCUT2D eigenvalue weighted by Crippen LogP contribution is -1.94. The van der Waals surface area contributed by atoms with Gasteiger partial charge in [0.05, 0.1) is 17.4 Å². The molecular formula is C13H9Cl2N5O. The highest BCUT2D eigenvalue weighted by Gasteiger charge is 2.08. The maximum atomic E-state index is 6.04. The minimum Gasteiger partial charge on any atom is -0.336 e. The van der Waals surface area contributed by atoms with E-state index in [0.29, 0.717) is 32.5 Å². The second-order valence-electron chi connectivity index (χ2n) is 4.18. The Labute approximate surface area is 130 Å². The molecular weight excluding hydrogens is 313 g/mol. The molecule has 0 aliphatic heterocycles. The van der Waals surface area contributed by atoms with Crippen LogP contribution < -0.4 is 4.84 Å².